The zero-order valence-electron chi connectivity index (χ0n) is 14.8. The Balaban J connectivity index is 1.48. The van der Waals surface area contributed by atoms with E-state index in [2.05, 4.69) is 25.3 Å². The molecular weight excluding hydrogens is 328 g/mol. The molecule has 1 saturated heterocycles. The first-order valence-electron chi connectivity index (χ1n) is 8.94. The van der Waals surface area contributed by atoms with Crippen molar-refractivity contribution in [2.45, 2.75) is 19.3 Å². The number of rotatable bonds is 4. The highest BCUT2D eigenvalue weighted by atomic mass is 16.2. The number of imidazole rings is 1. The van der Waals surface area contributed by atoms with Crippen LogP contribution in [-0.2, 0) is 6.42 Å². The standard InChI is InChI=1S/C19H22N6O/c1-20-18-17(21-6-7-22-18)9-13-3-2-8-25(11-13)19(26)14-4-5-15-16(10-14)24-12-23-15/h4-7,10,12-13H,2-3,8-9,11H2,1H3,(H,20,22)(H,23,24). The van der Waals surface area contributed by atoms with Crippen molar-refractivity contribution in [3.8, 4) is 0 Å². The zero-order valence-corrected chi connectivity index (χ0v) is 14.8. The average molecular weight is 350 g/mol. The number of carbonyl (C=O) groups excluding carboxylic acids is 1. The highest BCUT2D eigenvalue weighted by Gasteiger charge is 2.26. The van der Waals surface area contributed by atoms with Gasteiger partial charge >= 0.3 is 0 Å². The molecule has 0 spiro atoms. The van der Waals surface area contributed by atoms with Gasteiger partial charge in [-0.1, -0.05) is 0 Å². The lowest BCUT2D eigenvalue weighted by atomic mass is 9.92. The van der Waals surface area contributed by atoms with Crippen LogP contribution in [0.25, 0.3) is 11.0 Å². The van der Waals surface area contributed by atoms with Crippen LogP contribution in [0, 0.1) is 5.92 Å². The summed E-state index contributed by atoms with van der Waals surface area (Å²) in [4.78, 5) is 31.0. The van der Waals surface area contributed by atoms with E-state index >= 15 is 0 Å². The summed E-state index contributed by atoms with van der Waals surface area (Å²) >= 11 is 0. The van der Waals surface area contributed by atoms with Crippen LogP contribution in [0.1, 0.15) is 28.9 Å². The summed E-state index contributed by atoms with van der Waals surface area (Å²) < 4.78 is 0. The molecule has 7 heteroatoms. The molecule has 7 nitrogen and oxygen atoms in total. The van der Waals surface area contributed by atoms with Crippen LogP contribution in [0.2, 0.25) is 0 Å². The van der Waals surface area contributed by atoms with Crippen molar-refractivity contribution >= 4 is 22.8 Å². The minimum atomic E-state index is 0.0826. The zero-order chi connectivity index (χ0) is 17.9. The summed E-state index contributed by atoms with van der Waals surface area (Å²) in [7, 11) is 1.86. The Morgan fingerprint density at radius 1 is 1.31 bits per heavy atom. The summed E-state index contributed by atoms with van der Waals surface area (Å²) in [5.41, 5.74) is 3.44. The van der Waals surface area contributed by atoms with Gasteiger partial charge in [0.1, 0.15) is 5.82 Å². The molecular formula is C19H22N6O. The number of hydrogen-bond donors (Lipinski definition) is 2. The second-order valence-electron chi connectivity index (χ2n) is 6.70. The van der Waals surface area contributed by atoms with Gasteiger partial charge in [0.25, 0.3) is 5.91 Å². The number of benzene rings is 1. The summed E-state index contributed by atoms with van der Waals surface area (Å²) in [6.45, 7) is 1.55. The Labute approximate surface area is 151 Å². The number of amides is 1. The van der Waals surface area contributed by atoms with Crippen molar-refractivity contribution in [3.63, 3.8) is 0 Å². The maximum absolute atomic E-state index is 12.9. The molecule has 3 aromatic rings. The van der Waals surface area contributed by atoms with Gasteiger partial charge in [-0.3, -0.25) is 9.78 Å². The number of piperidine rings is 1. The first-order chi connectivity index (χ1) is 12.7. The van der Waals surface area contributed by atoms with E-state index in [-0.39, 0.29) is 5.91 Å². The van der Waals surface area contributed by atoms with E-state index in [0.29, 0.717) is 11.5 Å². The van der Waals surface area contributed by atoms with E-state index in [1.165, 1.54) is 0 Å². The van der Waals surface area contributed by atoms with Crippen LogP contribution >= 0.6 is 0 Å². The average Bonchev–Trinajstić information content (AvgIpc) is 3.16. The predicted molar refractivity (Wildman–Crippen MR) is 100 cm³/mol. The predicted octanol–water partition coefficient (Wildman–Crippen LogP) is 2.49. The van der Waals surface area contributed by atoms with E-state index in [4.69, 9.17) is 0 Å². The van der Waals surface area contributed by atoms with Gasteiger partial charge < -0.3 is 15.2 Å². The maximum Gasteiger partial charge on any atom is 0.253 e. The first-order valence-corrected chi connectivity index (χ1v) is 8.94. The molecule has 4 rings (SSSR count). The Morgan fingerprint density at radius 3 is 3.08 bits per heavy atom. The van der Waals surface area contributed by atoms with Crippen molar-refractivity contribution in [2.24, 2.45) is 5.92 Å². The number of H-pyrrole nitrogens is 1. The number of aromatic amines is 1. The first kappa shape index (κ1) is 16.5. The molecule has 134 valence electrons. The van der Waals surface area contributed by atoms with Gasteiger partial charge in [-0.25, -0.2) is 9.97 Å². The lowest BCUT2D eigenvalue weighted by Gasteiger charge is -2.33. The monoisotopic (exact) mass is 350 g/mol. The highest BCUT2D eigenvalue weighted by Crippen LogP contribution is 2.24. The van der Waals surface area contributed by atoms with E-state index in [1.54, 1.807) is 18.7 Å². The number of fused-ring (bicyclic) bond motifs is 1. The van der Waals surface area contributed by atoms with Gasteiger partial charge in [-0.05, 0) is 43.4 Å². The van der Waals surface area contributed by atoms with Gasteiger partial charge in [0.2, 0.25) is 0 Å². The Kier molecular flexibility index (Phi) is 4.51. The molecule has 2 N–H and O–H groups in total. The number of aromatic nitrogens is 4. The van der Waals surface area contributed by atoms with Crippen molar-refractivity contribution in [1.29, 1.82) is 0 Å². The normalized spacial score (nSPS) is 17.4. The van der Waals surface area contributed by atoms with Crippen LogP contribution in [0.4, 0.5) is 5.82 Å². The lowest BCUT2D eigenvalue weighted by Crippen LogP contribution is -2.40. The third-order valence-corrected chi connectivity index (χ3v) is 4.97. The largest absolute Gasteiger partial charge is 0.372 e. The van der Waals surface area contributed by atoms with Gasteiger partial charge in [0.15, 0.2) is 0 Å². The van der Waals surface area contributed by atoms with E-state index in [1.807, 2.05) is 30.1 Å². The second kappa shape index (κ2) is 7.11. The molecule has 0 radical (unpaired) electrons. The molecule has 2 aromatic heterocycles. The molecule has 1 fully saturated rings. The minimum absolute atomic E-state index is 0.0826. The summed E-state index contributed by atoms with van der Waals surface area (Å²) in [5.74, 6) is 1.30. The van der Waals surface area contributed by atoms with Crippen LogP contribution in [0.3, 0.4) is 0 Å². The number of carbonyl (C=O) groups is 1. The number of nitrogens with zero attached hydrogens (tertiary/aromatic N) is 4. The van der Waals surface area contributed by atoms with Gasteiger partial charge in [-0.15, -0.1) is 0 Å². The molecule has 1 unspecified atom stereocenters. The number of nitrogens with one attached hydrogen (secondary N) is 2. The molecule has 1 amide bonds. The summed E-state index contributed by atoms with van der Waals surface area (Å²) in [6, 6.07) is 5.63. The Morgan fingerprint density at radius 2 is 2.19 bits per heavy atom. The topological polar surface area (TPSA) is 86.8 Å². The smallest absolute Gasteiger partial charge is 0.253 e. The molecule has 1 aliphatic rings. The molecule has 3 heterocycles. The van der Waals surface area contributed by atoms with Gasteiger partial charge in [0, 0.05) is 38.1 Å². The fourth-order valence-electron chi connectivity index (χ4n) is 3.67. The van der Waals surface area contributed by atoms with Gasteiger partial charge in [-0.2, -0.15) is 0 Å². The summed E-state index contributed by atoms with van der Waals surface area (Å²) in [5, 5.41) is 3.10. The third-order valence-electron chi connectivity index (χ3n) is 4.97. The fourth-order valence-corrected chi connectivity index (χ4v) is 3.67. The molecule has 26 heavy (non-hydrogen) atoms. The van der Waals surface area contributed by atoms with Crippen LogP contribution in [0.5, 0.6) is 0 Å². The SMILES string of the molecule is CNc1nccnc1CC1CCCN(C(=O)c2ccc3nc[nH]c3c2)C1. The Hall–Kier alpha value is -2.96. The highest BCUT2D eigenvalue weighted by molar-refractivity contribution is 5.97. The number of likely N-dealkylation sites (tertiary alicyclic amines) is 1. The Bertz CT molecular complexity index is 921. The van der Waals surface area contributed by atoms with E-state index in [9.17, 15) is 4.79 Å². The van der Waals surface area contributed by atoms with Crippen LogP contribution in [0.15, 0.2) is 36.9 Å². The summed E-state index contributed by atoms with van der Waals surface area (Å²) in [6.07, 6.45) is 8.00. The number of hydrogen-bond acceptors (Lipinski definition) is 5. The maximum atomic E-state index is 12.9. The van der Waals surface area contributed by atoms with E-state index in [0.717, 1.165) is 54.9 Å². The molecule has 1 aliphatic heterocycles. The third kappa shape index (κ3) is 3.24. The van der Waals surface area contributed by atoms with Crippen molar-refractivity contribution in [3.05, 3.63) is 48.2 Å². The lowest BCUT2D eigenvalue weighted by molar-refractivity contribution is 0.0673. The van der Waals surface area contributed by atoms with Crippen LogP contribution in [-0.4, -0.2) is 50.9 Å². The fraction of sp³-hybridized carbons (Fsp3) is 0.368. The van der Waals surface area contributed by atoms with Crippen molar-refractivity contribution in [1.82, 2.24) is 24.8 Å². The van der Waals surface area contributed by atoms with Crippen LogP contribution < -0.4 is 5.32 Å². The number of anilines is 1. The van der Waals surface area contributed by atoms with E-state index < -0.39 is 0 Å². The minimum Gasteiger partial charge on any atom is -0.372 e. The molecule has 1 atom stereocenters. The second-order valence-corrected chi connectivity index (χ2v) is 6.70. The molecule has 0 bridgehead atoms. The quantitative estimate of drug-likeness (QED) is 0.755. The molecule has 0 saturated carbocycles. The van der Waals surface area contributed by atoms with Crippen molar-refractivity contribution in [2.75, 3.05) is 25.5 Å². The molecule has 1 aromatic carbocycles. The van der Waals surface area contributed by atoms with Crippen molar-refractivity contribution < 1.29 is 4.79 Å². The van der Waals surface area contributed by atoms with Gasteiger partial charge in [0.05, 0.1) is 23.1 Å². The molecule has 0 aliphatic carbocycles.